The van der Waals surface area contributed by atoms with Crippen molar-refractivity contribution in [2.75, 3.05) is 56.6 Å². The van der Waals surface area contributed by atoms with Crippen LogP contribution < -0.4 is 26.0 Å². The fraction of sp³-hybridized carbons (Fsp3) is 0.526. The number of nitrogens with one attached hydrogen (secondary N) is 2. The lowest BCUT2D eigenvalue weighted by atomic mass is 9.83. The number of aliphatic hydroxyl groups excluding tert-OH is 2. The van der Waals surface area contributed by atoms with Crippen LogP contribution in [0.15, 0.2) is 48.0 Å². The number of nitrogens with two attached hydrogens (primary N) is 1. The number of amides is 3. The van der Waals surface area contributed by atoms with Crippen molar-refractivity contribution in [3.63, 3.8) is 0 Å². The second kappa shape index (κ2) is 22.5. The molecule has 6 aromatic rings. The summed E-state index contributed by atoms with van der Waals surface area (Å²) in [7, 11) is 0. The van der Waals surface area contributed by atoms with Crippen LogP contribution in [0.3, 0.4) is 0 Å². The lowest BCUT2D eigenvalue weighted by Crippen LogP contribution is -2.60. The van der Waals surface area contributed by atoms with Gasteiger partial charge < -0.3 is 46.0 Å². The van der Waals surface area contributed by atoms with E-state index in [1.807, 2.05) is 56.9 Å². The minimum absolute atomic E-state index is 0.00936. The molecule has 17 nitrogen and oxygen atoms in total. The Morgan fingerprint density at radius 1 is 0.975 bits per heavy atom. The molecule has 5 fully saturated rings. The maximum absolute atomic E-state index is 17.3. The molecule has 0 saturated carbocycles. The summed E-state index contributed by atoms with van der Waals surface area (Å²) in [5.74, 6) is -3.03. The summed E-state index contributed by atoms with van der Waals surface area (Å²) in [6.07, 6.45) is -0.729. The van der Waals surface area contributed by atoms with Gasteiger partial charge in [-0.2, -0.15) is 23.1 Å². The highest BCUT2D eigenvalue weighted by Gasteiger charge is 2.50. The predicted octanol–water partition coefficient (Wildman–Crippen LogP) is 8.00. The molecule has 5 saturated heterocycles. The lowest BCUT2D eigenvalue weighted by molar-refractivity contribution is -0.152. The molecule has 3 amide bonds. The smallest absolute Gasteiger partial charge is 0.417 e. The van der Waals surface area contributed by atoms with Crippen LogP contribution in [0.2, 0.25) is 0 Å². The molecule has 3 aromatic heterocycles. The molecule has 432 valence electrons. The van der Waals surface area contributed by atoms with Gasteiger partial charge in [-0.15, -0.1) is 11.3 Å². The number of nitrogen functional groups attached to an aromatic ring is 1. The van der Waals surface area contributed by atoms with Gasteiger partial charge in [0.2, 0.25) is 17.7 Å². The number of alkyl halides is 3. The van der Waals surface area contributed by atoms with E-state index in [0.717, 1.165) is 77.9 Å². The van der Waals surface area contributed by atoms with Crippen LogP contribution in [0.1, 0.15) is 101 Å². The maximum atomic E-state index is 17.3. The first-order chi connectivity index (χ1) is 38.6. The van der Waals surface area contributed by atoms with Crippen molar-refractivity contribution in [2.45, 2.75) is 140 Å². The van der Waals surface area contributed by atoms with E-state index in [4.69, 9.17) is 15.5 Å². The summed E-state index contributed by atoms with van der Waals surface area (Å²) in [5, 5.41) is 27.6. The molecule has 11 rings (SSSR count). The van der Waals surface area contributed by atoms with Crippen LogP contribution in [0.25, 0.3) is 42.7 Å². The molecule has 8 heterocycles. The zero-order valence-electron chi connectivity index (χ0n) is 45.4. The number of likely N-dealkylation sites (tertiary alicyclic amines) is 3. The first kappa shape index (κ1) is 56.7. The highest BCUT2D eigenvalue weighted by Crippen LogP contribution is 2.47. The summed E-state index contributed by atoms with van der Waals surface area (Å²) in [6, 6.07) is 7.10. The van der Waals surface area contributed by atoms with Crippen molar-refractivity contribution < 1.29 is 51.3 Å². The third-order valence-electron chi connectivity index (χ3n) is 16.8. The number of benzene rings is 3. The molecule has 0 spiro atoms. The minimum Gasteiger partial charge on any atom is -0.462 e. The summed E-state index contributed by atoms with van der Waals surface area (Å²) in [4.78, 5) is 68.9. The number of nitrogens with zero attached hydrogens (tertiary/aromatic N) is 8. The Morgan fingerprint density at radius 3 is 2.42 bits per heavy atom. The number of aryl methyl sites for hydroxylation is 1. The normalized spacial score (nSPS) is 23.3. The fourth-order valence-corrected chi connectivity index (χ4v) is 14.5. The Labute approximate surface area is 473 Å². The number of hydrogen-bond acceptors (Lipinski definition) is 16. The first-order valence-electron chi connectivity index (χ1n) is 27.7. The first-order valence-corrected chi connectivity index (χ1v) is 29.4. The Bertz CT molecular complexity index is 3350. The number of rotatable bonds is 16. The van der Waals surface area contributed by atoms with E-state index in [1.165, 1.54) is 16.2 Å². The third kappa shape index (κ3) is 11.3. The fourth-order valence-electron chi connectivity index (χ4n) is 12.9. The molecule has 8 atom stereocenters. The van der Waals surface area contributed by atoms with Gasteiger partial charge in [-0.05, 0) is 99.7 Å². The third-order valence-corrected chi connectivity index (χ3v) is 18.6. The van der Waals surface area contributed by atoms with Gasteiger partial charge >= 0.3 is 12.2 Å². The lowest BCUT2D eigenvalue weighted by Gasteiger charge is -2.43. The largest absolute Gasteiger partial charge is 0.462 e. The summed E-state index contributed by atoms with van der Waals surface area (Å²) < 4.78 is 84.0. The highest BCUT2D eigenvalue weighted by atomic mass is 32.1. The topological polar surface area (TPSA) is 216 Å². The molecule has 81 heavy (non-hydrogen) atoms. The summed E-state index contributed by atoms with van der Waals surface area (Å²) in [6.45, 7) is 9.37. The van der Waals surface area contributed by atoms with Gasteiger partial charge in [0.15, 0.2) is 10.9 Å². The number of fused-ring (bicyclic) bond motifs is 4. The number of piperazine rings is 1. The Balaban J connectivity index is 0.789. The van der Waals surface area contributed by atoms with Crippen LogP contribution in [-0.4, -0.2) is 151 Å². The van der Waals surface area contributed by atoms with Crippen molar-refractivity contribution >= 4 is 72.5 Å². The van der Waals surface area contributed by atoms with Gasteiger partial charge in [-0.3, -0.25) is 19.3 Å². The number of carbonyl (C=O) groups excluding carboxylic acids is 3. The van der Waals surface area contributed by atoms with Gasteiger partial charge in [-0.1, -0.05) is 56.4 Å². The second-order valence-electron chi connectivity index (χ2n) is 23.3. The molecule has 3 aromatic carbocycles. The van der Waals surface area contributed by atoms with E-state index in [1.54, 1.807) is 10.4 Å². The van der Waals surface area contributed by atoms with Gasteiger partial charge in [-0.25, -0.2) is 18.7 Å². The van der Waals surface area contributed by atoms with E-state index in [2.05, 4.69) is 30.5 Å². The van der Waals surface area contributed by atoms with Crippen molar-refractivity contribution in [3.05, 3.63) is 76.4 Å². The molecule has 24 heteroatoms. The molecule has 2 unspecified atom stereocenters. The average Bonchev–Trinajstić information content (AvgIpc) is 3.83. The molecule has 2 bridgehead atoms. The predicted molar refractivity (Wildman–Crippen MR) is 298 cm³/mol. The highest BCUT2D eigenvalue weighted by molar-refractivity contribution is 7.22. The zero-order chi connectivity index (χ0) is 57.2. The van der Waals surface area contributed by atoms with Crippen molar-refractivity contribution in [3.8, 4) is 27.6 Å². The maximum Gasteiger partial charge on any atom is 0.417 e. The number of halogens is 5. The number of β-amino-alcohol motifs (C(OH)–C–C–N with tert-alkyl or cyclic N) is 1. The van der Waals surface area contributed by atoms with E-state index in [0.29, 0.717) is 44.5 Å². The van der Waals surface area contributed by atoms with E-state index in [-0.39, 0.29) is 99.7 Å². The second-order valence-corrected chi connectivity index (χ2v) is 25.2. The van der Waals surface area contributed by atoms with Crippen LogP contribution in [-0.2, 0) is 20.6 Å². The number of anilines is 2. The zero-order valence-corrected chi connectivity index (χ0v) is 47.1. The molecule has 0 aliphatic carbocycles. The van der Waals surface area contributed by atoms with Crippen LogP contribution in [0.4, 0.5) is 32.9 Å². The van der Waals surface area contributed by atoms with E-state index in [9.17, 15) is 29.0 Å². The molecule has 0 radical (unpaired) electrons. The van der Waals surface area contributed by atoms with Crippen LogP contribution >= 0.6 is 22.7 Å². The number of aliphatic hydroxyl groups is 2. The molecule has 6 N–H and O–H groups in total. The van der Waals surface area contributed by atoms with Crippen LogP contribution in [0, 0.1) is 24.0 Å². The SMILES string of the molecule is Cc1ncsc1-c1ccc([C@H](CO)NC(=O)[C@@H]2C[C@@H](O)CN2C(=O)[C@@H](N2C(=O)CC[C@@H]2CCCN2CCC[C@H]2COc2nc(N3CC4CCC(C3)N4)c3cc(C(F)(F)F)c(-c4ccc(F)c5sc(N)nc45)c(F)c3n2)C(C)(C)C)cc1. The number of thiazole rings is 2. The van der Waals surface area contributed by atoms with Gasteiger partial charge in [0, 0.05) is 73.2 Å². The summed E-state index contributed by atoms with van der Waals surface area (Å²) >= 11 is 2.27. The van der Waals surface area contributed by atoms with Crippen LogP contribution in [0.5, 0.6) is 6.01 Å². The Morgan fingerprint density at radius 2 is 1.73 bits per heavy atom. The number of hydrogen-bond donors (Lipinski definition) is 5. The number of ether oxygens (including phenoxy) is 1. The number of carbonyl (C=O) groups is 3. The van der Waals surface area contributed by atoms with Gasteiger partial charge in [0.05, 0.1) is 50.6 Å². The monoisotopic (exact) mass is 1160 g/mol. The average molecular weight is 1160 g/mol. The summed E-state index contributed by atoms with van der Waals surface area (Å²) in [5.41, 5.74) is 6.44. The van der Waals surface area contributed by atoms with Crippen molar-refractivity contribution in [2.24, 2.45) is 5.41 Å². The van der Waals surface area contributed by atoms with E-state index >= 15 is 17.6 Å². The standard InChI is InChI=1S/C57H66F5N11O6S2/c1-29-48(80-28-64-29)31-11-9-30(10-12-31)41(26-74)66-52(77)42-21-36(75)25-72(42)53(78)50(56(2,3)4)73-34(15-18-43(73)76)7-5-19-70-20-6-8-35(70)27-79-55-68-46-38(51(69-55)71-23-32-13-14-33(24-71)65-32)22-39(57(60,61)62)44(45(46)59)37-16-17-40(58)49-47(37)67-54(63)81-49/h9-12,16-17,22,28,32-36,41-42,50,65,74-75H,5-8,13-15,18-21,23-27H2,1-4H3,(H2,63,67)(H,66,77)/t32?,33?,34-,35-,36+,41-,42-,50+/m0/s1. The number of aromatic nitrogens is 4. The van der Waals surface area contributed by atoms with Crippen molar-refractivity contribution in [1.29, 1.82) is 0 Å². The Kier molecular flexibility index (Phi) is 15.8. The van der Waals surface area contributed by atoms with E-state index < -0.39 is 77.0 Å². The van der Waals surface area contributed by atoms with Crippen molar-refractivity contribution in [1.82, 2.24) is 45.3 Å². The Hall–Kier alpha value is -6.18. The molecular formula is C57H66F5N11O6S2. The molecule has 5 aliphatic heterocycles. The minimum atomic E-state index is -5.05. The molecule has 5 aliphatic rings. The van der Waals surface area contributed by atoms with Gasteiger partial charge in [0.25, 0.3) is 0 Å². The van der Waals surface area contributed by atoms with Gasteiger partial charge in [0.1, 0.15) is 35.8 Å². The quantitative estimate of drug-likeness (QED) is 0.0581. The molecular weight excluding hydrogens is 1090 g/mol.